The van der Waals surface area contributed by atoms with Crippen molar-refractivity contribution in [1.82, 2.24) is 15.3 Å². The first-order chi connectivity index (χ1) is 11.0. The van der Waals surface area contributed by atoms with Crippen molar-refractivity contribution in [3.8, 4) is 0 Å². The fourth-order valence-corrected chi connectivity index (χ4v) is 2.20. The molecule has 0 aliphatic heterocycles. The third-order valence-corrected chi connectivity index (χ3v) is 3.72. The van der Waals surface area contributed by atoms with E-state index < -0.39 is 17.9 Å². The minimum absolute atomic E-state index is 0.0309. The van der Waals surface area contributed by atoms with Gasteiger partial charge in [-0.25, -0.2) is 4.98 Å². The van der Waals surface area contributed by atoms with E-state index in [0.29, 0.717) is 0 Å². The highest BCUT2D eigenvalue weighted by molar-refractivity contribution is 9.10. The molecule has 0 spiro atoms. The van der Waals surface area contributed by atoms with Gasteiger partial charge < -0.3 is 10.1 Å². The topological polar surface area (TPSA) is 81.2 Å². The molecular formula is C16H16BrN3O3. The van der Waals surface area contributed by atoms with Gasteiger partial charge >= 0.3 is 5.97 Å². The molecule has 1 aromatic carbocycles. The summed E-state index contributed by atoms with van der Waals surface area (Å²) in [5, 5.41) is 2.80. The summed E-state index contributed by atoms with van der Waals surface area (Å²) in [5.41, 5.74) is 1.72. The van der Waals surface area contributed by atoms with Crippen LogP contribution in [0.25, 0.3) is 0 Å². The van der Waals surface area contributed by atoms with E-state index in [0.717, 1.165) is 15.7 Å². The minimum atomic E-state index is -0.508. The monoisotopic (exact) mass is 377 g/mol. The molecule has 1 heterocycles. The van der Waals surface area contributed by atoms with Crippen LogP contribution >= 0.6 is 15.9 Å². The summed E-state index contributed by atoms with van der Waals surface area (Å²) in [6.45, 7) is 1.79. The first-order valence-electron chi connectivity index (χ1n) is 6.91. The molecule has 2 rings (SSSR count). The van der Waals surface area contributed by atoms with Crippen molar-refractivity contribution in [3.63, 3.8) is 0 Å². The molecule has 23 heavy (non-hydrogen) atoms. The van der Waals surface area contributed by atoms with Crippen LogP contribution in [0, 0.1) is 6.92 Å². The van der Waals surface area contributed by atoms with Gasteiger partial charge in [-0.15, -0.1) is 0 Å². The summed E-state index contributed by atoms with van der Waals surface area (Å²) in [6, 6.07) is 6.85. The normalized spacial score (nSPS) is 11.6. The summed E-state index contributed by atoms with van der Waals surface area (Å²) >= 11 is 3.36. The highest BCUT2D eigenvalue weighted by atomic mass is 79.9. The van der Waals surface area contributed by atoms with Crippen molar-refractivity contribution in [1.29, 1.82) is 0 Å². The summed E-state index contributed by atoms with van der Waals surface area (Å²) < 4.78 is 5.61. The lowest BCUT2D eigenvalue weighted by Gasteiger charge is -2.18. The van der Waals surface area contributed by atoms with E-state index in [4.69, 9.17) is 4.74 Å². The predicted octanol–water partition coefficient (Wildman–Crippen LogP) is 2.58. The molecule has 6 nitrogen and oxygen atoms in total. The molecule has 0 fully saturated rings. The molecule has 0 saturated heterocycles. The molecule has 2 aromatic rings. The number of nitrogens with zero attached hydrogens (tertiary/aromatic N) is 2. The van der Waals surface area contributed by atoms with Crippen molar-refractivity contribution < 1.29 is 14.3 Å². The molecule has 1 N–H and O–H groups in total. The fourth-order valence-electron chi connectivity index (χ4n) is 1.94. The molecular weight excluding hydrogens is 362 g/mol. The van der Waals surface area contributed by atoms with Gasteiger partial charge in [-0.2, -0.15) is 0 Å². The molecule has 0 aliphatic rings. The van der Waals surface area contributed by atoms with Crippen LogP contribution in [0.3, 0.4) is 0 Å². The maximum atomic E-state index is 12.3. The largest absolute Gasteiger partial charge is 0.469 e. The number of hydrogen-bond donors (Lipinski definition) is 1. The summed E-state index contributed by atoms with van der Waals surface area (Å²) in [5.74, 6) is -0.803. The Labute approximate surface area is 142 Å². The number of nitrogens with one attached hydrogen (secondary N) is 1. The summed E-state index contributed by atoms with van der Waals surface area (Å²) in [7, 11) is 1.31. The van der Waals surface area contributed by atoms with Gasteiger partial charge in [0.05, 0.1) is 31.5 Å². The van der Waals surface area contributed by atoms with Gasteiger partial charge in [0, 0.05) is 10.7 Å². The molecule has 1 atom stereocenters. The lowest BCUT2D eigenvalue weighted by Crippen LogP contribution is -2.31. The smallest absolute Gasteiger partial charge is 0.307 e. The third-order valence-electron chi connectivity index (χ3n) is 3.19. The molecule has 0 saturated carbocycles. The average Bonchev–Trinajstić information content (AvgIpc) is 2.55. The van der Waals surface area contributed by atoms with Crippen LogP contribution in [0.5, 0.6) is 0 Å². The van der Waals surface area contributed by atoms with Crippen LogP contribution < -0.4 is 5.32 Å². The van der Waals surface area contributed by atoms with Crippen molar-refractivity contribution in [3.05, 3.63) is 58.1 Å². The van der Waals surface area contributed by atoms with Gasteiger partial charge in [0.2, 0.25) is 0 Å². The number of carbonyl (C=O) groups excluding carboxylic acids is 2. The first kappa shape index (κ1) is 17.1. The van der Waals surface area contributed by atoms with Crippen molar-refractivity contribution in [2.45, 2.75) is 19.4 Å². The molecule has 0 unspecified atom stereocenters. The number of benzene rings is 1. The molecule has 0 radical (unpaired) electrons. The number of ether oxygens (including phenoxy) is 1. The van der Waals surface area contributed by atoms with Gasteiger partial charge in [-0.1, -0.05) is 28.1 Å². The lowest BCUT2D eigenvalue weighted by atomic mass is 10.0. The van der Waals surface area contributed by atoms with Crippen LogP contribution in [0.1, 0.15) is 34.2 Å². The standard InChI is InChI=1S/C16H16BrN3O3/c1-10-8-19-14(9-18-10)16(22)20-13(7-15(21)23-2)11-3-5-12(17)6-4-11/h3-6,8-9,13H,7H2,1-2H3,(H,20,22)/t13-/m0/s1. The summed E-state index contributed by atoms with van der Waals surface area (Å²) in [4.78, 5) is 32.0. The fraction of sp³-hybridized carbons (Fsp3) is 0.250. The van der Waals surface area contributed by atoms with Crippen LogP contribution in [0.4, 0.5) is 0 Å². The number of esters is 1. The highest BCUT2D eigenvalue weighted by Gasteiger charge is 2.20. The second-order valence-corrected chi connectivity index (χ2v) is 5.82. The summed E-state index contributed by atoms with van der Waals surface area (Å²) in [6.07, 6.45) is 2.95. The zero-order valence-corrected chi connectivity index (χ0v) is 14.3. The number of hydrogen-bond acceptors (Lipinski definition) is 5. The second-order valence-electron chi connectivity index (χ2n) is 4.90. The van der Waals surface area contributed by atoms with Gasteiger partial charge in [-0.3, -0.25) is 14.6 Å². The molecule has 1 amide bonds. The van der Waals surface area contributed by atoms with Gasteiger partial charge in [0.1, 0.15) is 5.69 Å². The number of aromatic nitrogens is 2. The number of halogens is 1. The SMILES string of the molecule is COC(=O)C[C@H](NC(=O)c1cnc(C)cn1)c1ccc(Br)cc1. The van der Waals surface area contributed by atoms with Crippen molar-refractivity contribution in [2.24, 2.45) is 0 Å². The van der Waals surface area contributed by atoms with Gasteiger partial charge in [0.25, 0.3) is 5.91 Å². The van der Waals surface area contributed by atoms with Crippen molar-refractivity contribution in [2.75, 3.05) is 7.11 Å². The van der Waals surface area contributed by atoms with Gasteiger partial charge in [0.15, 0.2) is 0 Å². The van der Waals surface area contributed by atoms with E-state index >= 15 is 0 Å². The van der Waals surface area contributed by atoms with E-state index in [1.165, 1.54) is 19.5 Å². The number of methoxy groups -OCH3 is 1. The Hall–Kier alpha value is -2.28. The predicted molar refractivity (Wildman–Crippen MR) is 87.8 cm³/mol. The molecule has 0 aliphatic carbocycles. The van der Waals surface area contributed by atoms with E-state index in [-0.39, 0.29) is 12.1 Å². The van der Waals surface area contributed by atoms with Crippen LogP contribution in [-0.2, 0) is 9.53 Å². The number of rotatable bonds is 5. The molecule has 120 valence electrons. The average molecular weight is 378 g/mol. The number of carbonyl (C=O) groups is 2. The Bertz CT molecular complexity index is 687. The Morgan fingerprint density at radius 1 is 1.22 bits per heavy atom. The number of aryl methyl sites for hydroxylation is 1. The van der Waals surface area contributed by atoms with Crippen LogP contribution in [0.15, 0.2) is 41.1 Å². The van der Waals surface area contributed by atoms with Gasteiger partial charge in [-0.05, 0) is 24.6 Å². The zero-order valence-electron chi connectivity index (χ0n) is 12.7. The lowest BCUT2D eigenvalue weighted by molar-refractivity contribution is -0.141. The molecule has 1 aromatic heterocycles. The maximum absolute atomic E-state index is 12.3. The van der Waals surface area contributed by atoms with Crippen LogP contribution in [-0.4, -0.2) is 29.0 Å². The Morgan fingerprint density at radius 2 is 1.91 bits per heavy atom. The second kappa shape index (κ2) is 7.82. The Kier molecular flexibility index (Phi) is 5.81. The minimum Gasteiger partial charge on any atom is -0.469 e. The third kappa shape index (κ3) is 4.85. The van der Waals surface area contributed by atoms with E-state index in [1.54, 1.807) is 6.92 Å². The van der Waals surface area contributed by atoms with E-state index in [2.05, 4.69) is 31.2 Å². The highest BCUT2D eigenvalue weighted by Crippen LogP contribution is 2.20. The molecule has 7 heteroatoms. The van der Waals surface area contributed by atoms with E-state index in [1.807, 2.05) is 24.3 Å². The maximum Gasteiger partial charge on any atom is 0.307 e. The van der Waals surface area contributed by atoms with E-state index in [9.17, 15) is 9.59 Å². The van der Waals surface area contributed by atoms with Crippen molar-refractivity contribution >= 4 is 27.8 Å². The molecule has 0 bridgehead atoms. The quantitative estimate of drug-likeness (QED) is 0.809. The zero-order chi connectivity index (χ0) is 16.8. The Balaban J connectivity index is 2.19. The van der Waals surface area contributed by atoms with Crippen LogP contribution in [0.2, 0.25) is 0 Å². The Morgan fingerprint density at radius 3 is 2.48 bits per heavy atom. The first-order valence-corrected chi connectivity index (χ1v) is 7.70. The number of amides is 1.